The lowest BCUT2D eigenvalue weighted by atomic mass is 10.3. The Kier molecular flexibility index (Phi) is 11.1. The van der Waals surface area contributed by atoms with E-state index in [1.807, 2.05) is 0 Å². The van der Waals surface area contributed by atoms with E-state index in [1.54, 1.807) is 0 Å². The van der Waals surface area contributed by atoms with E-state index in [2.05, 4.69) is 0 Å². The standard InChI is InChI=1S/C6Cl5NO2.C2H4O2.H2O4S/c7-1-2(8)4(10)6(12(13)14)5(11)3(1)9;1-2(3)4;1-5(2,3)4/h;1H3,(H,3,4);(H2,1,2,3,4). The van der Waals surface area contributed by atoms with Crippen LogP contribution in [0.4, 0.5) is 5.69 Å². The van der Waals surface area contributed by atoms with Crippen LogP contribution >= 0.6 is 58.0 Å². The van der Waals surface area contributed by atoms with Crippen LogP contribution < -0.4 is 0 Å². The highest BCUT2D eigenvalue weighted by Crippen LogP contribution is 2.47. The average Bonchev–Trinajstić information content (AvgIpc) is 2.31. The first-order chi connectivity index (χ1) is 10.1. The maximum absolute atomic E-state index is 10.5. The molecule has 0 saturated carbocycles. The van der Waals surface area contributed by atoms with E-state index in [9.17, 15) is 10.1 Å². The van der Waals surface area contributed by atoms with Gasteiger partial charge in [0.05, 0.1) is 20.0 Å². The number of carbonyl (C=O) groups is 1. The number of hydrogen-bond acceptors (Lipinski definition) is 5. The van der Waals surface area contributed by atoms with Crippen LogP contribution in [0.15, 0.2) is 0 Å². The Morgan fingerprint density at radius 2 is 1.13 bits per heavy atom. The highest BCUT2D eigenvalue weighted by atomic mass is 35.5. The number of nitro benzene ring substituents is 1. The molecule has 0 saturated heterocycles. The molecule has 0 aliphatic heterocycles. The normalized spacial score (nSPS) is 9.91. The predicted octanol–water partition coefficient (Wildman–Crippen LogP) is 4.30. The summed E-state index contributed by atoms with van der Waals surface area (Å²) >= 11 is 27.9. The molecule has 0 bridgehead atoms. The predicted molar refractivity (Wildman–Crippen MR) is 85.6 cm³/mol. The molecule has 1 rings (SSSR count). The second kappa shape index (κ2) is 10.3. The molecule has 0 spiro atoms. The van der Waals surface area contributed by atoms with Crippen molar-refractivity contribution in [2.24, 2.45) is 0 Å². The summed E-state index contributed by atoms with van der Waals surface area (Å²) in [6, 6.07) is 0. The van der Waals surface area contributed by atoms with Crippen molar-refractivity contribution in [2.45, 2.75) is 6.92 Å². The molecular weight excluding hydrogens is 447 g/mol. The summed E-state index contributed by atoms with van der Waals surface area (Å²) in [4.78, 5) is 18.8. The molecule has 0 heterocycles. The molecule has 23 heavy (non-hydrogen) atoms. The van der Waals surface area contributed by atoms with E-state index < -0.39 is 27.0 Å². The van der Waals surface area contributed by atoms with Crippen molar-refractivity contribution in [1.29, 1.82) is 0 Å². The summed E-state index contributed by atoms with van der Waals surface area (Å²) in [7, 11) is -4.67. The fourth-order valence-corrected chi connectivity index (χ4v) is 2.02. The fourth-order valence-electron chi connectivity index (χ4n) is 0.754. The number of hydrogen-bond donors (Lipinski definition) is 3. The first kappa shape index (κ1) is 24.7. The zero-order valence-electron chi connectivity index (χ0n) is 10.6. The fraction of sp³-hybridized carbons (Fsp3) is 0.125. The Hall–Kier alpha value is -0.590. The smallest absolute Gasteiger partial charge is 0.394 e. The Morgan fingerprint density at radius 1 is 0.957 bits per heavy atom. The Labute approximate surface area is 154 Å². The zero-order valence-corrected chi connectivity index (χ0v) is 15.2. The van der Waals surface area contributed by atoms with E-state index >= 15 is 0 Å². The van der Waals surface area contributed by atoms with Crippen molar-refractivity contribution in [3.63, 3.8) is 0 Å². The molecule has 9 nitrogen and oxygen atoms in total. The monoisotopic (exact) mass is 451 g/mol. The maximum atomic E-state index is 10.5. The SMILES string of the molecule is CC(=O)O.O=S(=O)(O)O.O=[N+]([O-])c1c(Cl)c(Cl)c(Cl)c(Cl)c1Cl. The molecule has 0 aliphatic carbocycles. The van der Waals surface area contributed by atoms with Crippen LogP contribution in [-0.2, 0) is 15.2 Å². The van der Waals surface area contributed by atoms with Gasteiger partial charge in [-0.05, 0) is 0 Å². The van der Waals surface area contributed by atoms with Crippen molar-refractivity contribution in [3.05, 3.63) is 35.2 Å². The van der Waals surface area contributed by atoms with Crippen molar-refractivity contribution in [1.82, 2.24) is 0 Å². The number of nitro groups is 1. The van der Waals surface area contributed by atoms with E-state index in [4.69, 9.17) is 85.4 Å². The van der Waals surface area contributed by atoms with Crippen molar-refractivity contribution >= 4 is 80.1 Å². The largest absolute Gasteiger partial charge is 0.481 e. The number of halogens is 5. The minimum Gasteiger partial charge on any atom is -0.481 e. The van der Waals surface area contributed by atoms with Gasteiger partial charge in [0.2, 0.25) is 0 Å². The minimum atomic E-state index is -4.67. The number of rotatable bonds is 1. The van der Waals surface area contributed by atoms with Gasteiger partial charge in [-0.25, -0.2) is 0 Å². The summed E-state index contributed by atoms with van der Waals surface area (Å²) in [6.45, 7) is 1.08. The molecule has 15 heteroatoms. The average molecular weight is 453 g/mol. The summed E-state index contributed by atoms with van der Waals surface area (Å²) in [5.41, 5.74) is -0.548. The van der Waals surface area contributed by atoms with Crippen LogP contribution in [0.3, 0.4) is 0 Å². The summed E-state index contributed by atoms with van der Waals surface area (Å²) in [5.74, 6) is -0.833. The molecule has 0 aromatic heterocycles. The maximum Gasteiger partial charge on any atom is 0.394 e. The van der Waals surface area contributed by atoms with Crippen molar-refractivity contribution in [3.8, 4) is 0 Å². The minimum absolute atomic E-state index is 0.103. The number of aliphatic carboxylic acids is 1. The summed E-state index contributed by atoms with van der Waals surface area (Å²) in [6.07, 6.45) is 0. The van der Waals surface area contributed by atoms with Gasteiger partial charge in [-0.2, -0.15) is 8.42 Å². The quantitative estimate of drug-likeness (QED) is 0.187. The lowest BCUT2D eigenvalue weighted by Gasteiger charge is -2.05. The molecule has 1 aromatic carbocycles. The third-order valence-electron chi connectivity index (χ3n) is 1.37. The Morgan fingerprint density at radius 3 is 1.30 bits per heavy atom. The van der Waals surface area contributed by atoms with Gasteiger partial charge in [-0.1, -0.05) is 58.0 Å². The molecule has 0 fully saturated rings. The summed E-state index contributed by atoms with van der Waals surface area (Å²) in [5, 5.41) is 16.8. The zero-order chi connectivity index (χ0) is 19.1. The van der Waals surface area contributed by atoms with Crippen LogP contribution in [0.2, 0.25) is 25.1 Å². The van der Waals surface area contributed by atoms with Crippen LogP contribution in [0.1, 0.15) is 6.92 Å². The number of carboxylic acids is 1. The third-order valence-corrected chi connectivity index (χ3v) is 3.63. The van der Waals surface area contributed by atoms with Gasteiger partial charge < -0.3 is 5.11 Å². The van der Waals surface area contributed by atoms with E-state index in [0.717, 1.165) is 6.92 Å². The van der Waals surface area contributed by atoms with Crippen LogP contribution in [0.5, 0.6) is 0 Å². The van der Waals surface area contributed by atoms with E-state index in [1.165, 1.54) is 0 Å². The van der Waals surface area contributed by atoms with Crippen LogP contribution in [0, 0.1) is 10.1 Å². The Bertz CT molecular complexity index is 666. The Balaban J connectivity index is 0. The van der Waals surface area contributed by atoms with E-state index in [-0.39, 0.29) is 25.1 Å². The van der Waals surface area contributed by atoms with Gasteiger partial charge in [0.15, 0.2) is 0 Å². The third kappa shape index (κ3) is 10.7. The van der Waals surface area contributed by atoms with Crippen LogP contribution in [-0.4, -0.2) is 33.5 Å². The van der Waals surface area contributed by atoms with Gasteiger partial charge in [0.1, 0.15) is 10.0 Å². The second-order valence-corrected chi connectivity index (χ2v) is 5.93. The molecular formula is C8H6Cl5NO8S. The molecule has 0 unspecified atom stereocenters. The molecule has 132 valence electrons. The van der Waals surface area contributed by atoms with Crippen LogP contribution in [0.25, 0.3) is 0 Å². The van der Waals surface area contributed by atoms with Gasteiger partial charge in [-0.15, -0.1) is 0 Å². The molecule has 0 aliphatic rings. The second-order valence-electron chi connectivity index (χ2n) is 3.14. The summed E-state index contributed by atoms with van der Waals surface area (Å²) < 4.78 is 31.6. The number of carboxylic acid groups (broad SMARTS) is 1. The highest BCUT2D eigenvalue weighted by molar-refractivity contribution is 7.79. The molecule has 0 radical (unpaired) electrons. The highest BCUT2D eigenvalue weighted by Gasteiger charge is 2.27. The topological polar surface area (TPSA) is 155 Å². The van der Waals surface area contributed by atoms with Crippen molar-refractivity contribution in [2.75, 3.05) is 0 Å². The number of benzene rings is 1. The lowest BCUT2D eigenvalue weighted by Crippen LogP contribution is -1.92. The molecule has 1 aromatic rings. The molecule has 0 amide bonds. The van der Waals surface area contributed by atoms with Gasteiger partial charge >= 0.3 is 16.1 Å². The molecule has 0 atom stereocenters. The van der Waals surface area contributed by atoms with E-state index in [0.29, 0.717) is 0 Å². The molecule has 3 N–H and O–H groups in total. The first-order valence-corrected chi connectivity index (χ1v) is 7.95. The number of nitrogens with zero attached hydrogens (tertiary/aromatic N) is 1. The van der Waals surface area contributed by atoms with Gasteiger partial charge in [0.25, 0.3) is 5.97 Å². The lowest BCUT2D eigenvalue weighted by molar-refractivity contribution is -0.384. The van der Waals surface area contributed by atoms with Gasteiger partial charge in [0, 0.05) is 6.92 Å². The van der Waals surface area contributed by atoms with Gasteiger partial charge in [-0.3, -0.25) is 24.0 Å². The van der Waals surface area contributed by atoms with Crippen molar-refractivity contribution < 1.29 is 32.3 Å². The first-order valence-electron chi connectivity index (χ1n) is 4.66.